The van der Waals surface area contributed by atoms with Crippen LogP contribution >= 0.6 is 11.8 Å². The fourth-order valence-electron chi connectivity index (χ4n) is 3.44. The molecule has 7 nitrogen and oxygen atoms in total. The molecule has 0 bridgehead atoms. The molecule has 0 saturated heterocycles. The van der Waals surface area contributed by atoms with Crippen LogP contribution in [0.1, 0.15) is 17.0 Å². The van der Waals surface area contributed by atoms with Crippen LogP contribution in [0, 0.1) is 5.82 Å². The number of thioether (sulfide) groups is 1. The van der Waals surface area contributed by atoms with Gasteiger partial charge in [0.25, 0.3) is 0 Å². The predicted molar refractivity (Wildman–Crippen MR) is 127 cm³/mol. The summed E-state index contributed by atoms with van der Waals surface area (Å²) in [7, 11) is 3.41. The lowest BCUT2D eigenvalue weighted by Crippen LogP contribution is -2.28. The van der Waals surface area contributed by atoms with E-state index in [9.17, 15) is 9.18 Å². The van der Waals surface area contributed by atoms with Gasteiger partial charge in [0.1, 0.15) is 11.6 Å². The third kappa shape index (κ3) is 5.25. The second-order valence-corrected chi connectivity index (χ2v) is 8.57. The zero-order valence-electron chi connectivity index (χ0n) is 18.4. The van der Waals surface area contributed by atoms with Gasteiger partial charge in [-0.05, 0) is 46.2 Å². The molecule has 0 spiro atoms. The maximum absolute atomic E-state index is 13.9. The third-order valence-corrected chi connectivity index (χ3v) is 6.25. The molecule has 0 unspecified atom stereocenters. The van der Waals surface area contributed by atoms with Gasteiger partial charge in [0.05, 0.1) is 12.9 Å². The lowest BCUT2D eigenvalue weighted by molar-refractivity contribution is -0.127. The quantitative estimate of drug-likeness (QED) is 0.316. The number of nitrogens with two attached hydrogens (primary N) is 1. The molecule has 2 N–H and O–H groups in total. The number of amides is 1. The van der Waals surface area contributed by atoms with E-state index in [0.29, 0.717) is 23.1 Å². The number of aromatic nitrogens is 3. The van der Waals surface area contributed by atoms with Crippen molar-refractivity contribution in [1.82, 2.24) is 19.8 Å². The minimum absolute atomic E-state index is 0.0616. The van der Waals surface area contributed by atoms with E-state index in [1.54, 1.807) is 37.3 Å². The largest absolute Gasteiger partial charge is 0.497 e. The highest BCUT2D eigenvalue weighted by atomic mass is 32.2. The number of benzene rings is 3. The van der Waals surface area contributed by atoms with E-state index in [2.05, 4.69) is 16.3 Å². The molecule has 0 aliphatic heterocycles. The Morgan fingerprint density at radius 2 is 1.88 bits per heavy atom. The molecule has 33 heavy (non-hydrogen) atoms. The summed E-state index contributed by atoms with van der Waals surface area (Å²) in [6, 6.07) is 18.4. The first-order chi connectivity index (χ1) is 15.9. The van der Waals surface area contributed by atoms with E-state index < -0.39 is 0 Å². The Kier molecular flexibility index (Phi) is 6.79. The van der Waals surface area contributed by atoms with Gasteiger partial charge in [0.2, 0.25) is 11.1 Å². The Bertz CT molecular complexity index is 1290. The van der Waals surface area contributed by atoms with Gasteiger partial charge in [-0.15, -0.1) is 10.2 Å². The van der Waals surface area contributed by atoms with Crippen LogP contribution in [0.5, 0.6) is 5.75 Å². The Balaban J connectivity index is 1.35. The Labute approximate surface area is 195 Å². The number of fused-ring (bicyclic) bond motifs is 1. The molecule has 0 aliphatic rings. The standard InChI is InChI=1S/C24H24FN5O2S/c1-29(14-16-7-8-18-12-20(32-2)10-9-17(18)11-16)23(31)15-33-24-28-27-22(30(24)26)13-19-5-3-4-6-21(19)25/h3-12H,13-15,26H2,1-2H3. The van der Waals surface area contributed by atoms with Gasteiger partial charge in [0, 0.05) is 20.0 Å². The number of ether oxygens (including phenoxy) is 1. The molecule has 170 valence electrons. The van der Waals surface area contributed by atoms with E-state index >= 15 is 0 Å². The molecule has 0 radical (unpaired) electrons. The second kappa shape index (κ2) is 9.91. The third-order valence-electron chi connectivity index (χ3n) is 5.32. The normalized spacial score (nSPS) is 11.0. The van der Waals surface area contributed by atoms with Crippen molar-refractivity contribution in [2.75, 3.05) is 25.8 Å². The Morgan fingerprint density at radius 1 is 1.12 bits per heavy atom. The molecule has 1 heterocycles. The van der Waals surface area contributed by atoms with Crippen LogP contribution in [-0.2, 0) is 17.8 Å². The molecule has 4 rings (SSSR count). The molecule has 3 aromatic carbocycles. The number of hydrogen-bond donors (Lipinski definition) is 1. The summed E-state index contributed by atoms with van der Waals surface area (Å²) >= 11 is 1.20. The van der Waals surface area contributed by atoms with Gasteiger partial charge in [-0.3, -0.25) is 4.79 Å². The van der Waals surface area contributed by atoms with Crippen molar-refractivity contribution in [1.29, 1.82) is 0 Å². The average molecular weight is 466 g/mol. The SMILES string of the molecule is COc1ccc2cc(CN(C)C(=O)CSc3nnc(Cc4ccccc4F)n3N)ccc2c1. The van der Waals surface area contributed by atoms with Crippen molar-refractivity contribution >= 4 is 28.4 Å². The Hall–Kier alpha value is -3.59. The molecular formula is C24H24FN5O2S. The second-order valence-electron chi connectivity index (χ2n) is 7.62. The highest BCUT2D eigenvalue weighted by Crippen LogP contribution is 2.23. The van der Waals surface area contributed by atoms with Crippen molar-refractivity contribution in [3.63, 3.8) is 0 Å². The number of hydrogen-bond acceptors (Lipinski definition) is 6. The number of nitrogens with zero attached hydrogens (tertiary/aromatic N) is 4. The molecule has 0 saturated carbocycles. The number of carbonyl (C=O) groups excluding carboxylic acids is 1. The summed E-state index contributed by atoms with van der Waals surface area (Å²) in [6.07, 6.45) is 0.221. The number of rotatable bonds is 8. The molecule has 1 amide bonds. The van der Waals surface area contributed by atoms with Gasteiger partial charge >= 0.3 is 0 Å². The minimum Gasteiger partial charge on any atom is -0.497 e. The van der Waals surface area contributed by atoms with Crippen molar-refractivity contribution in [3.8, 4) is 5.75 Å². The smallest absolute Gasteiger partial charge is 0.233 e. The zero-order valence-corrected chi connectivity index (χ0v) is 19.2. The van der Waals surface area contributed by atoms with Crippen LogP contribution in [0.4, 0.5) is 4.39 Å². The lowest BCUT2D eigenvalue weighted by Gasteiger charge is -2.17. The van der Waals surface area contributed by atoms with Crippen LogP contribution in [0.15, 0.2) is 65.8 Å². The van der Waals surface area contributed by atoms with E-state index in [0.717, 1.165) is 22.1 Å². The number of halogens is 1. The molecule has 0 fully saturated rings. The first-order valence-electron chi connectivity index (χ1n) is 10.3. The number of carbonyl (C=O) groups is 1. The van der Waals surface area contributed by atoms with Gasteiger partial charge in [-0.1, -0.05) is 48.2 Å². The van der Waals surface area contributed by atoms with Crippen LogP contribution in [0.25, 0.3) is 10.8 Å². The predicted octanol–water partition coefficient (Wildman–Crippen LogP) is 3.63. The van der Waals surface area contributed by atoms with E-state index in [4.69, 9.17) is 10.6 Å². The highest BCUT2D eigenvalue weighted by Gasteiger charge is 2.16. The number of methoxy groups -OCH3 is 1. The topological polar surface area (TPSA) is 86.3 Å². The number of nitrogen functional groups attached to an aromatic ring is 1. The first-order valence-corrected chi connectivity index (χ1v) is 11.3. The van der Waals surface area contributed by atoms with Crippen LogP contribution in [0.2, 0.25) is 0 Å². The molecule has 9 heteroatoms. The first kappa shape index (κ1) is 22.6. The fraction of sp³-hybridized carbons (Fsp3) is 0.208. The van der Waals surface area contributed by atoms with Crippen molar-refractivity contribution in [3.05, 3.63) is 83.4 Å². The van der Waals surface area contributed by atoms with Gasteiger partial charge in [-0.2, -0.15) is 0 Å². The van der Waals surface area contributed by atoms with Crippen molar-refractivity contribution in [2.45, 2.75) is 18.1 Å². The molecular weight excluding hydrogens is 441 g/mol. The Morgan fingerprint density at radius 3 is 2.67 bits per heavy atom. The van der Waals surface area contributed by atoms with E-state index in [1.165, 1.54) is 22.5 Å². The summed E-state index contributed by atoms with van der Waals surface area (Å²) in [6.45, 7) is 0.481. The highest BCUT2D eigenvalue weighted by molar-refractivity contribution is 7.99. The summed E-state index contributed by atoms with van der Waals surface area (Å²) in [5.74, 6) is 7.09. The van der Waals surface area contributed by atoms with Gasteiger partial charge in [-0.25, -0.2) is 9.07 Å². The van der Waals surface area contributed by atoms with Crippen LogP contribution in [0.3, 0.4) is 0 Å². The van der Waals surface area contributed by atoms with Crippen LogP contribution in [-0.4, -0.2) is 45.6 Å². The summed E-state index contributed by atoms with van der Waals surface area (Å²) in [4.78, 5) is 14.3. The summed E-state index contributed by atoms with van der Waals surface area (Å²) < 4.78 is 20.5. The molecule has 0 aliphatic carbocycles. The lowest BCUT2D eigenvalue weighted by atomic mass is 10.1. The van der Waals surface area contributed by atoms with Crippen LogP contribution < -0.4 is 10.6 Å². The summed E-state index contributed by atoms with van der Waals surface area (Å²) in [5.41, 5.74) is 1.51. The van der Waals surface area contributed by atoms with E-state index in [1.807, 2.05) is 30.3 Å². The molecule has 4 aromatic rings. The average Bonchev–Trinajstić information content (AvgIpc) is 3.17. The van der Waals surface area contributed by atoms with Gasteiger partial charge < -0.3 is 15.5 Å². The monoisotopic (exact) mass is 465 g/mol. The van der Waals surface area contributed by atoms with E-state index in [-0.39, 0.29) is 23.9 Å². The summed E-state index contributed by atoms with van der Waals surface area (Å²) in [5, 5.41) is 10.7. The maximum atomic E-state index is 13.9. The zero-order chi connectivity index (χ0) is 23.4. The molecule has 1 aromatic heterocycles. The van der Waals surface area contributed by atoms with Crippen molar-refractivity contribution in [2.24, 2.45) is 0 Å². The van der Waals surface area contributed by atoms with Gasteiger partial charge in [0.15, 0.2) is 5.82 Å². The fourth-order valence-corrected chi connectivity index (χ4v) is 4.25. The van der Waals surface area contributed by atoms with Crippen molar-refractivity contribution < 1.29 is 13.9 Å². The molecule has 0 atom stereocenters. The minimum atomic E-state index is -0.320. The maximum Gasteiger partial charge on any atom is 0.233 e.